The number of rotatable bonds is 4. The third kappa shape index (κ3) is 4.91. The van der Waals surface area contributed by atoms with Gasteiger partial charge in [0.05, 0.1) is 25.8 Å². The normalized spacial score (nSPS) is 16.7. The van der Waals surface area contributed by atoms with Gasteiger partial charge in [0.25, 0.3) is 0 Å². The molecule has 23 heavy (non-hydrogen) atoms. The Morgan fingerprint density at radius 2 is 1.87 bits per heavy atom. The van der Waals surface area contributed by atoms with Crippen molar-refractivity contribution in [2.24, 2.45) is 4.99 Å². The zero-order valence-corrected chi connectivity index (χ0v) is 14.5. The van der Waals surface area contributed by atoms with Gasteiger partial charge in [-0.15, -0.1) is 0 Å². The number of guanidine groups is 1. The molecule has 1 aliphatic heterocycles. The van der Waals surface area contributed by atoms with Crippen molar-refractivity contribution in [1.29, 1.82) is 0 Å². The van der Waals surface area contributed by atoms with E-state index in [0.29, 0.717) is 19.8 Å². The van der Waals surface area contributed by atoms with Crippen molar-refractivity contribution in [2.45, 2.75) is 6.04 Å². The van der Waals surface area contributed by atoms with Crippen LogP contribution in [0.25, 0.3) is 0 Å². The van der Waals surface area contributed by atoms with Crippen molar-refractivity contribution < 1.29 is 9.13 Å². The fraction of sp³-hybridized carbons (Fsp3) is 0.588. The first-order valence-corrected chi connectivity index (χ1v) is 7.95. The lowest BCUT2D eigenvalue weighted by Crippen LogP contribution is -2.41. The molecule has 0 bridgehead atoms. The summed E-state index contributed by atoms with van der Waals surface area (Å²) >= 11 is 0. The van der Waals surface area contributed by atoms with E-state index in [-0.39, 0.29) is 11.9 Å². The lowest BCUT2D eigenvalue weighted by atomic mass is 10.0. The molecule has 1 atom stereocenters. The van der Waals surface area contributed by atoms with Gasteiger partial charge >= 0.3 is 0 Å². The summed E-state index contributed by atoms with van der Waals surface area (Å²) in [5.41, 5.74) is 0.965. The molecule has 0 N–H and O–H groups in total. The first-order valence-electron chi connectivity index (χ1n) is 7.95. The highest BCUT2D eigenvalue weighted by Crippen LogP contribution is 2.23. The predicted octanol–water partition coefficient (Wildman–Crippen LogP) is 1.68. The molecule has 0 amide bonds. The summed E-state index contributed by atoms with van der Waals surface area (Å²) in [6.45, 7) is 3.70. The maximum absolute atomic E-state index is 13.7. The highest BCUT2D eigenvalue weighted by atomic mass is 19.1. The summed E-state index contributed by atoms with van der Waals surface area (Å²) < 4.78 is 19.1. The molecule has 1 fully saturated rings. The SMILES string of the molecule is CN(C)C(=NC[C@H](c1cccc(F)c1)N1CCOCC1)N(C)C. The van der Waals surface area contributed by atoms with E-state index in [2.05, 4.69) is 4.90 Å². The second kappa shape index (κ2) is 8.26. The van der Waals surface area contributed by atoms with Crippen LogP contribution in [0.4, 0.5) is 4.39 Å². The predicted molar refractivity (Wildman–Crippen MR) is 91.2 cm³/mol. The van der Waals surface area contributed by atoms with Crippen LogP contribution in [0.3, 0.4) is 0 Å². The van der Waals surface area contributed by atoms with Crippen LogP contribution in [0, 0.1) is 5.82 Å². The van der Waals surface area contributed by atoms with E-state index in [1.54, 1.807) is 12.1 Å². The lowest BCUT2D eigenvalue weighted by molar-refractivity contribution is 0.0178. The number of ether oxygens (including phenoxy) is 1. The average Bonchev–Trinajstić information content (AvgIpc) is 2.51. The third-order valence-electron chi connectivity index (χ3n) is 3.93. The quantitative estimate of drug-likeness (QED) is 0.623. The maximum atomic E-state index is 13.7. The van der Waals surface area contributed by atoms with Gasteiger partial charge < -0.3 is 14.5 Å². The van der Waals surface area contributed by atoms with E-state index < -0.39 is 0 Å². The molecule has 0 radical (unpaired) electrons. The van der Waals surface area contributed by atoms with Crippen LogP contribution in [0.2, 0.25) is 0 Å². The maximum Gasteiger partial charge on any atom is 0.195 e. The van der Waals surface area contributed by atoms with E-state index in [4.69, 9.17) is 9.73 Å². The zero-order chi connectivity index (χ0) is 16.8. The number of halogens is 1. The Bertz CT molecular complexity index is 517. The van der Waals surface area contributed by atoms with Crippen molar-refractivity contribution in [1.82, 2.24) is 14.7 Å². The molecule has 0 unspecified atom stereocenters. The van der Waals surface area contributed by atoms with Gasteiger partial charge in [-0.05, 0) is 17.7 Å². The van der Waals surface area contributed by atoms with Gasteiger partial charge in [-0.2, -0.15) is 0 Å². The Morgan fingerprint density at radius 3 is 2.43 bits per heavy atom. The van der Waals surface area contributed by atoms with Crippen molar-refractivity contribution in [3.63, 3.8) is 0 Å². The average molecular weight is 322 g/mol. The fourth-order valence-corrected chi connectivity index (χ4v) is 2.89. The first-order chi connectivity index (χ1) is 11.0. The molecule has 1 aromatic rings. The molecule has 6 heteroatoms. The highest BCUT2D eigenvalue weighted by Gasteiger charge is 2.23. The van der Waals surface area contributed by atoms with Gasteiger partial charge in [0.15, 0.2) is 5.96 Å². The van der Waals surface area contributed by atoms with E-state index >= 15 is 0 Å². The van der Waals surface area contributed by atoms with Crippen LogP contribution in [0.1, 0.15) is 11.6 Å². The van der Waals surface area contributed by atoms with Crippen LogP contribution in [-0.4, -0.2) is 81.7 Å². The summed E-state index contributed by atoms with van der Waals surface area (Å²) in [5.74, 6) is 0.699. The standard InChI is InChI=1S/C17H27FN4O/c1-20(2)17(21(3)4)19-13-16(22-8-10-23-11-9-22)14-6-5-7-15(18)12-14/h5-7,12,16H,8-11,13H2,1-4H3/t16-/m1/s1. The van der Waals surface area contributed by atoms with Gasteiger partial charge in [0.1, 0.15) is 5.82 Å². The van der Waals surface area contributed by atoms with E-state index in [1.165, 1.54) is 6.07 Å². The number of aliphatic imine (C=N–C) groups is 1. The molecule has 1 aromatic carbocycles. The summed E-state index contributed by atoms with van der Waals surface area (Å²) in [7, 11) is 7.91. The Morgan fingerprint density at radius 1 is 1.22 bits per heavy atom. The molecular formula is C17H27FN4O. The topological polar surface area (TPSA) is 31.3 Å². The van der Waals surface area contributed by atoms with Crippen LogP contribution >= 0.6 is 0 Å². The third-order valence-corrected chi connectivity index (χ3v) is 3.93. The van der Waals surface area contributed by atoms with Gasteiger partial charge in [-0.1, -0.05) is 12.1 Å². The number of benzene rings is 1. The minimum absolute atomic E-state index is 0.0597. The van der Waals surface area contributed by atoms with Crippen molar-refractivity contribution in [3.8, 4) is 0 Å². The highest BCUT2D eigenvalue weighted by molar-refractivity contribution is 5.79. The van der Waals surface area contributed by atoms with Crippen LogP contribution in [0.5, 0.6) is 0 Å². The first kappa shape index (κ1) is 17.7. The number of hydrogen-bond donors (Lipinski definition) is 0. The minimum atomic E-state index is -0.204. The van der Waals surface area contributed by atoms with E-state index in [0.717, 1.165) is 24.6 Å². The number of hydrogen-bond acceptors (Lipinski definition) is 3. The van der Waals surface area contributed by atoms with E-state index in [9.17, 15) is 4.39 Å². The summed E-state index contributed by atoms with van der Waals surface area (Å²) in [6, 6.07) is 6.89. The second-order valence-corrected chi connectivity index (χ2v) is 6.15. The molecular weight excluding hydrogens is 295 g/mol. The van der Waals surface area contributed by atoms with Gasteiger partial charge in [-0.25, -0.2) is 4.39 Å². The summed E-state index contributed by atoms with van der Waals surface area (Å²) in [5, 5.41) is 0. The molecule has 5 nitrogen and oxygen atoms in total. The molecule has 1 heterocycles. The molecule has 0 spiro atoms. The molecule has 0 aliphatic carbocycles. The molecule has 2 rings (SSSR count). The second-order valence-electron chi connectivity index (χ2n) is 6.15. The van der Waals surface area contributed by atoms with Crippen molar-refractivity contribution >= 4 is 5.96 Å². The largest absolute Gasteiger partial charge is 0.379 e. The fourth-order valence-electron chi connectivity index (χ4n) is 2.89. The minimum Gasteiger partial charge on any atom is -0.379 e. The lowest BCUT2D eigenvalue weighted by Gasteiger charge is -2.34. The molecule has 0 saturated carbocycles. The number of nitrogens with zero attached hydrogens (tertiary/aromatic N) is 4. The number of morpholine rings is 1. The zero-order valence-electron chi connectivity index (χ0n) is 14.5. The van der Waals surface area contributed by atoms with Crippen molar-refractivity contribution in [2.75, 3.05) is 61.0 Å². The van der Waals surface area contributed by atoms with Crippen LogP contribution in [0.15, 0.2) is 29.3 Å². The van der Waals surface area contributed by atoms with Gasteiger partial charge in [0.2, 0.25) is 0 Å². The smallest absolute Gasteiger partial charge is 0.195 e. The Kier molecular flexibility index (Phi) is 6.36. The Balaban J connectivity index is 2.24. The van der Waals surface area contributed by atoms with E-state index in [1.807, 2.05) is 44.1 Å². The summed E-state index contributed by atoms with van der Waals surface area (Å²) in [6.07, 6.45) is 0. The summed E-state index contributed by atoms with van der Waals surface area (Å²) in [4.78, 5) is 11.1. The van der Waals surface area contributed by atoms with Crippen molar-refractivity contribution in [3.05, 3.63) is 35.6 Å². The molecule has 1 aliphatic rings. The molecule has 1 saturated heterocycles. The Hall–Kier alpha value is -1.66. The van der Waals surface area contributed by atoms with Gasteiger partial charge in [0, 0.05) is 41.3 Å². The molecule has 0 aromatic heterocycles. The van der Waals surface area contributed by atoms with Crippen LogP contribution < -0.4 is 0 Å². The monoisotopic (exact) mass is 322 g/mol. The Labute approximate surface area is 138 Å². The van der Waals surface area contributed by atoms with Crippen LogP contribution in [-0.2, 0) is 4.74 Å². The molecule has 128 valence electrons. The van der Waals surface area contributed by atoms with Gasteiger partial charge in [-0.3, -0.25) is 9.89 Å².